The summed E-state index contributed by atoms with van der Waals surface area (Å²) in [6.07, 6.45) is 2.24. The van der Waals surface area contributed by atoms with Crippen molar-refractivity contribution < 1.29 is 9.47 Å². The Bertz CT molecular complexity index is 821. The third-order valence-corrected chi connectivity index (χ3v) is 4.76. The fourth-order valence-electron chi connectivity index (χ4n) is 3.45. The maximum absolute atomic E-state index is 5.91. The fraction of sp³-hybridized carbons (Fsp3) is 0.400. The van der Waals surface area contributed by atoms with Crippen LogP contribution in [0, 0.1) is 6.92 Å². The van der Waals surface area contributed by atoms with Gasteiger partial charge in [0.1, 0.15) is 24.0 Å². The van der Waals surface area contributed by atoms with Crippen LogP contribution in [0.4, 0.5) is 5.82 Å². The highest BCUT2D eigenvalue weighted by atomic mass is 16.5. The smallest absolute Gasteiger partial charge is 0.150 e. The summed E-state index contributed by atoms with van der Waals surface area (Å²) in [5.74, 6) is 2.61. The largest absolute Gasteiger partial charge is 0.489 e. The van der Waals surface area contributed by atoms with Crippen LogP contribution in [0.2, 0.25) is 0 Å². The van der Waals surface area contributed by atoms with E-state index in [4.69, 9.17) is 9.47 Å². The Morgan fingerprint density at radius 1 is 1.27 bits per heavy atom. The van der Waals surface area contributed by atoms with Gasteiger partial charge in [-0.1, -0.05) is 18.2 Å². The quantitative estimate of drug-likeness (QED) is 0.913. The van der Waals surface area contributed by atoms with Gasteiger partial charge in [0.15, 0.2) is 0 Å². The number of aromatic nitrogens is 2. The van der Waals surface area contributed by atoms with E-state index < -0.39 is 0 Å². The first-order valence-electron chi connectivity index (χ1n) is 8.99. The van der Waals surface area contributed by atoms with Gasteiger partial charge in [-0.3, -0.25) is 4.90 Å². The summed E-state index contributed by atoms with van der Waals surface area (Å²) in [4.78, 5) is 11.7. The Hall–Kier alpha value is -2.44. The Balaban J connectivity index is 1.57. The molecule has 6 nitrogen and oxygen atoms in total. The third kappa shape index (κ3) is 3.57. The average Bonchev–Trinajstić information content (AvgIpc) is 2.68. The van der Waals surface area contributed by atoms with Gasteiger partial charge in [0.25, 0.3) is 0 Å². The molecule has 0 bridgehead atoms. The molecule has 2 aliphatic rings. The Morgan fingerprint density at radius 3 is 3.04 bits per heavy atom. The van der Waals surface area contributed by atoms with Crippen LogP contribution in [0.5, 0.6) is 5.75 Å². The molecule has 6 heteroatoms. The Morgan fingerprint density at radius 2 is 2.15 bits per heavy atom. The zero-order valence-electron chi connectivity index (χ0n) is 15.2. The molecule has 0 unspecified atom stereocenters. The number of aryl methyl sites for hydroxylation is 1. The summed E-state index contributed by atoms with van der Waals surface area (Å²) in [5, 5.41) is 3.11. The van der Waals surface area contributed by atoms with Crippen LogP contribution in [0.1, 0.15) is 23.1 Å². The number of nitrogens with zero attached hydrogens (tertiary/aromatic N) is 3. The SMILES string of the molecule is CNc1cc(C)nc([C@H]2COCCN2CC2=Cc3ccccc3OC2)n1. The second-order valence-electron chi connectivity index (χ2n) is 6.69. The van der Waals surface area contributed by atoms with E-state index in [1.807, 2.05) is 38.2 Å². The maximum atomic E-state index is 5.91. The van der Waals surface area contributed by atoms with Gasteiger partial charge in [-0.2, -0.15) is 0 Å². The van der Waals surface area contributed by atoms with E-state index in [-0.39, 0.29) is 6.04 Å². The van der Waals surface area contributed by atoms with E-state index in [0.717, 1.165) is 48.3 Å². The molecule has 26 heavy (non-hydrogen) atoms. The third-order valence-electron chi connectivity index (χ3n) is 4.76. The molecule has 1 saturated heterocycles. The predicted octanol–water partition coefficient (Wildman–Crippen LogP) is 2.68. The van der Waals surface area contributed by atoms with Crippen molar-refractivity contribution >= 4 is 11.9 Å². The number of para-hydroxylation sites is 1. The van der Waals surface area contributed by atoms with E-state index in [0.29, 0.717) is 13.2 Å². The first kappa shape index (κ1) is 17.0. The van der Waals surface area contributed by atoms with Crippen molar-refractivity contribution in [1.82, 2.24) is 14.9 Å². The lowest BCUT2D eigenvalue weighted by Gasteiger charge is -2.35. The zero-order chi connectivity index (χ0) is 17.9. The van der Waals surface area contributed by atoms with E-state index >= 15 is 0 Å². The summed E-state index contributed by atoms with van der Waals surface area (Å²) >= 11 is 0. The van der Waals surface area contributed by atoms with Crippen molar-refractivity contribution in [3.05, 3.63) is 53.0 Å². The van der Waals surface area contributed by atoms with Crippen LogP contribution in [0.15, 0.2) is 35.9 Å². The number of rotatable bonds is 4. The summed E-state index contributed by atoms with van der Waals surface area (Å²) in [5.41, 5.74) is 3.36. The molecule has 0 radical (unpaired) electrons. The topological polar surface area (TPSA) is 59.5 Å². The highest BCUT2D eigenvalue weighted by Gasteiger charge is 2.28. The Labute approximate surface area is 153 Å². The van der Waals surface area contributed by atoms with Crippen molar-refractivity contribution in [2.24, 2.45) is 0 Å². The van der Waals surface area contributed by atoms with Crippen molar-refractivity contribution in [2.75, 3.05) is 45.3 Å². The highest BCUT2D eigenvalue weighted by molar-refractivity contribution is 5.62. The van der Waals surface area contributed by atoms with Crippen LogP contribution in [0.25, 0.3) is 6.08 Å². The fourth-order valence-corrected chi connectivity index (χ4v) is 3.45. The minimum Gasteiger partial charge on any atom is -0.489 e. The second kappa shape index (κ2) is 7.43. The van der Waals surface area contributed by atoms with Crippen LogP contribution in [-0.4, -0.2) is 54.8 Å². The van der Waals surface area contributed by atoms with E-state index in [2.05, 4.69) is 32.3 Å². The Kier molecular flexibility index (Phi) is 4.86. The summed E-state index contributed by atoms with van der Waals surface area (Å²) in [6, 6.07) is 10.2. The van der Waals surface area contributed by atoms with Crippen LogP contribution < -0.4 is 10.1 Å². The first-order chi connectivity index (χ1) is 12.7. The zero-order valence-corrected chi connectivity index (χ0v) is 15.2. The van der Waals surface area contributed by atoms with E-state index in [9.17, 15) is 0 Å². The molecular formula is C20H24N4O2. The molecule has 1 aromatic heterocycles. The van der Waals surface area contributed by atoms with Crippen LogP contribution >= 0.6 is 0 Å². The predicted molar refractivity (Wildman–Crippen MR) is 101 cm³/mol. The molecule has 1 fully saturated rings. The lowest BCUT2D eigenvalue weighted by atomic mass is 10.1. The van der Waals surface area contributed by atoms with E-state index in [1.54, 1.807) is 0 Å². The number of ether oxygens (including phenoxy) is 2. The molecule has 3 heterocycles. The molecule has 0 amide bonds. The number of hydrogen-bond donors (Lipinski definition) is 1. The van der Waals surface area contributed by atoms with Gasteiger partial charge in [-0.15, -0.1) is 0 Å². The maximum Gasteiger partial charge on any atom is 0.150 e. The monoisotopic (exact) mass is 352 g/mol. The molecule has 1 aromatic carbocycles. The van der Waals surface area contributed by atoms with Crippen LogP contribution in [-0.2, 0) is 4.74 Å². The molecule has 1 N–H and O–H groups in total. The highest BCUT2D eigenvalue weighted by Crippen LogP contribution is 2.29. The molecule has 136 valence electrons. The van der Waals surface area contributed by atoms with Crippen molar-refractivity contribution in [1.29, 1.82) is 0 Å². The molecule has 2 aromatic rings. The lowest BCUT2D eigenvalue weighted by molar-refractivity contribution is -0.00775. The standard InChI is InChI=1S/C20H24N4O2/c1-14-9-19(21-2)23-20(22-14)17-13-25-8-7-24(17)11-15-10-16-5-3-4-6-18(16)26-12-15/h3-6,9-10,17H,7-8,11-13H2,1-2H3,(H,21,22,23)/t17-/m1/s1. The number of fused-ring (bicyclic) bond motifs is 1. The lowest BCUT2D eigenvalue weighted by Crippen LogP contribution is -2.42. The normalized spacial score (nSPS) is 20.1. The summed E-state index contributed by atoms with van der Waals surface area (Å²) in [6.45, 7) is 5.64. The molecule has 0 saturated carbocycles. The molecule has 1 atom stereocenters. The number of anilines is 1. The summed E-state index contributed by atoms with van der Waals surface area (Å²) < 4.78 is 11.6. The number of hydrogen-bond acceptors (Lipinski definition) is 6. The van der Waals surface area contributed by atoms with Gasteiger partial charge in [0.2, 0.25) is 0 Å². The molecule has 4 rings (SSSR count). The molecule has 2 aliphatic heterocycles. The summed E-state index contributed by atoms with van der Waals surface area (Å²) in [7, 11) is 1.88. The molecule has 0 spiro atoms. The second-order valence-corrected chi connectivity index (χ2v) is 6.69. The van der Waals surface area contributed by atoms with E-state index in [1.165, 1.54) is 5.57 Å². The first-order valence-corrected chi connectivity index (χ1v) is 8.99. The minimum absolute atomic E-state index is 0.0498. The number of morpholine rings is 1. The molecule has 0 aliphatic carbocycles. The van der Waals surface area contributed by atoms with Gasteiger partial charge < -0.3 is 14.8 Å². The van der Waals surface area contributed by atoms with Crippen molar-refractivity contribution in [3.63, 3.8) is 0 Å². The van der Waals surface area contributed by atoms with Crippen molar-refractivity contribution in [3.8, 4) is 5.75 Å². The minimum atomic E-state index is 0.0498. The van der Waals surface area contributed by atoms with Gasteiger partial charge >= 0.3 is 0 Å². The number of nitrogens with one attached hydrogen (secondary N) is 1. The van der Waals surface area contributed by atoms with Crippen LogP contribution in [0.3, 0.4) is 0 Å². The number of benzene rings is 1. The van der Waals surface area contributed by atoms with Gasteiger partial charge in [-0.05, 0) is 24.6 Å². The van der Waals surface area contributed by atoms with Gasteiger partial charge in [0.05, 0.1) is 19.3 Å². The van der Waals surface area contributed by atoms with Crippen molar-refractivity contribution in [2.45, 2.75) is 13.0 Å². The van der Waals surface area contributed by atoms with Gasteiger partial charge in [-0.25, -0.2) is 9.97 Å². The van der Waals surface area contributed by atoms with Gasteiger partial charge in [0, 0.05) is 37.5 Å². The average molecular weight is 352 g/mol. The molecular weight excluding hydrogens is 328 g/mol.